The third-order valence-corrected chi connectivity index (χ3v) is 15.0. The fourth-order valence-electron chi connectivity index (χ4n) is 3.91. The molecular weight excluding hydrogens is 440 g/mol. The van der Waals surface area contributed by atoms with Crippen molar-refractivity contribution < 1.29 is 0 Å². The van der Waals surface area contributed by atoms with Gasteiger partial charge in [-0.15, -0.1) is 0 Å². The molecule has 0 aromatic heterocycles. The molecule has 0 bridgehead atoms. The zero-order valence-electron chi connectivity index (χ0n) is 20.9. The SMILES string of the molecule is C[Si](C)(C)c1ccc([PH+](c2ccc([Si](C)(C)C)cc2)c2ccc([Si](C)(C)C)cc2)cc1. The summed E-state index contributed by atoms with van der Waals surface area (Å²) in [4.78, 5) is 0. The van der Waals surface area contributed by atoms with E-state index in [4.69, 9.17) is 0 Å². The second-order valence-corrected chi connectivity index (χ2v) is 29.6. The lowest BCUT2D eigenvalue weighted by Gasteiger charge is -2.20. The summed E-state index contributed by atoms with van der Waals surface area (Å²) >= 11 is 0. The van der Waals surface area contributed by atoms with Crippen LogP contribution in [0.2, 0.25) is 58.9 Å². The van der Waals surface area contributed by atoms with Crippen LogP contribution < -0.4 is 31.5 Å². The summed E-state index contributed by atoms with van der Waals surface area (Å²) in [6.45, 7) is 21.9. The summed E-state index contributed by atoms with van der Waals surface area (Å²) in [5.74, 6) is 0. The Hall–Kier alpha value is -1.26. The zero-order chi connectivity index (χ0) is 23.0. The maximum absolute atomic E-state index is 2.43. The first-order chi connectivity index (χ1) is 14.3. The highest BCUT2D eigenvalue weighted by Gasteiger charge is 2.28. The number of rotatable bonds is 6. The number of hydrogen-bond donors (Lipinski definition) is 0. The Bertz CT molecular complexity index is 864. The van der Waals surface area contributed by atoms with Crippen molar-refractivity contribution in [3.05, 3.63) is 72.8 Å². The van der Waals surface area contributed by atoms with Crippen LogP contribution >= 0.6 is 7.92 Å². The van der Waals surface area contributed by atoms with Gasteiger partial charge < -0.3 is 0 Å². The van der Waals surface area contributed by atoms with Crippen LogP contribution in [0.15, 0.2) is 72.8 Å². The molecule has 31 heavy (non-hydrogen) atoms. The van der Waals surface area contributed by atoms with E-state index < -0.39 is 32.1 Å². The van der Waals surface area contributed by atoms with Crippen LogP contribution in [0.3, 0.4) is 0 Å². The molecule has 0 fully saturated rings. The molecule has 0 nitrogen and oxygen atoms in total. The van der Waals surface area contributed by atoms with E-state index in [0.717, 1.165) is 0 Å². The van der Waals surface area contributed by atoms with Crippen LogP contribution in [0.25, 0.3) is 0 Å². The Kier molecular flexibility index (Phi) is 7.03. The van der Waals surface area contributed by atoms with Crippen molar-refractivity contribution in [2.75, 3.05) is 0 Å². The fourth-order valence-corrected chi connectivity index (χ4v) is 9.91. The molecule has 0 radical (unpaired) electrons. The van der Waals surface area contributed by atoms with Gasteiger partial charge in [-0.2, -0.15) is 0 Å². The normalized spacial score (nSPS) is 13.0. The average Bonchev–Trinajstić information content (AvgIpc) is 2.67. The van der Waals surface area contributed by atoms with Gasteiger partial charge in [-0.3, -0.25) is 0 Å². The predicted octanol–water partition coefficient (Wildman–Crippen LogP) is 4.81. The van der Waals surface area contributed by atoms with Crippen molar-refractivity contribution in [2.45, 2.75) is 58.9 Å². The van der Waals surface area contributed by atoms with Crippen LogP contribution in [-0.4, -0.2) is 24.2 Å². The summed E-state index contributed by atoms with van der Waals surface area (Å²) in [5, 5.41) is 9.11. The van der Waals surface area contributed by atoms with Crippen molar-refractivity contribution in [1.82, 2.24) is 0 Å². The molecule has 0 heterocycles. The van der Waals surface area contributed by atoms with Crippen molar-refractivity contribution in [3.8, 4) is 0 Å². The molecule has 0 aliphatic rings. The lowest BCUT2D eigenvalue weighted by molar-refractivity contribution is 1.69. The van der Waals surface area contributed by atoms with E-state index in [9.17, 15) is 0 Å². The van der Waals surface area contributed by atoms with Crippen LogP contribution in [0.4, 0.5) is 0 Å². The van der Waals surface area contributed by atoms with Gasteiger partial charge in [-0.05, 0) is 36.4 Å². The topological polar surface area (TPSA) is 0 Å². The van der Waals surface area contributed by atoms with E-state index in [1.165, 1.54) is 15.9 Å². The smallest absolute Gasteiger partial charge is 0.0656 e. The summed E-state index contributed by atoms with van der Waals surface area (Å²) in [5.41, 5.74) is 0. The highest BCUT2D eigenvalue weighted by atomic mass is 31.1. The Morgan fingerprint density at radius 3 is 0.710 bits per heavy atom. The van der Waals surface area contributed by atoms with Crippen LogP contribution in [0.1, 0.15) is 0 Å². The van der Waals surface area contributed by atoms with Crippen molar-refractivity contribution in [1.29, 1.82) is 0 Å². The van der Waals surface area contributed by atoms with E-state index in [1.54, 1.807) is 15.6 Å². The van der Waals surface area contributed by atoms with Crippen LogP contribution in [0, 0.1) is 0 Å². The van der Waals surface area contributed by atoms with Gasteiger partial charge in [-0.1, -0.05) is 111 Å². The Balaban J connectivity index is 2.08. The fraction of sp³-hybridized carbons (Fsp3) is 0.333. The second-order valence-electron chi connectivity index (χ2n) is 11.9. The molecule has 3 aromatic carbocycles. The van der Waals surface area contributed by atoms with E-state index in [0.29, 0.717) is 0 Å². The standard InChI is InChI=1S/C27H39PSi3/c1-29(2,3)25-16-10-22(11-17-25)28(23-12-18-26(19-13-23)30(4,5)6)24-14-20-27(21-15-24)31(7,8)9/h10-21H,1-9H3/p+1. The summed E-state index contributed by atoms with van der Waals surface area (Å²) in [6, 6.07) is 28.9. The number of benzene rings is 3. The molecule has 3 rings (SSSR count). The second kappa shape index (κ2) is 8.94. The van der Waals surface area contributed by atoms with Gasteiger partial charge in [0.15, 0.2) is 0 Å². The third-order valence-electron chi connectivity index (χ3n) is 6.12. The first kappa shape index (κ1) is 24.4. The molecule has 0 aliphatic carbocycles. The van der Waals surface area contributed by atoms with Crippen molar-refractivity contribution in [3.63, 3.8) is 0 Å². The van der Waals surface area contributed by atoms with Gasteiger partial charge in [0.25, 0.3) is 0 Å². The first-order valence-electron chi connectivity index (χ1n) is 11.5. The molecule has 4 heteroatoms. The molecule has 0 saturated heterocycles. The van der Waals surface area contributed by atoms with Gasteiger partial charge in [0.1, 0.15) is 15.9 Å². The van der Waals surface area contributed by atoms with Crippen molar-refractivity contribution >= 4 is 63.6 Å². The first-order valence-corrected chi connectivity index (χ1v) is 23.5. The summed E-state index contributed by atoms with van der Waals surface area (Å²) < 4.78 is 0. The molecule has 0 unspecified atom stereocenters. The lowest BCUT2D eigenvalue weighted by atomic mass is 10.3. The Morgan fingerprint density at radius 1 is 0.355 bits per heavy atom. The summed E-state index contributed by atoms with van der Waals surface area (Å²) in [7, 11) is -4.87. The maximum Gasteiger partial charge on any atom is 0.102 e. The van der Waals surface area contributed by atoms with Gasteiger partial charge >= 0.3 is 0 Å². The largest absolute Gasteiger partial charge is 0.102 e. The van der Waals surface area contributed by atoms with E-state index in [2.05, 4.69) is 132 Å². The minimum Gasteiger partial charge on any atom is -0.0656 e. The van der Waals surface area contributed by atoms with Crippen LogP contribution in [0.5, 0.6) is 0 Å². The van der Waals surface area contributed by atoms with Gasteiger partial charge in [0, 0.05) is 0 Å². The molecule has 3 aromatic rings. The van der Waals surface area contributed by atoms with Crippen molar-refractivity contribution in [2.24, 2.45) is 0 Å². The molecule has 164 valence electrons. The van der Waals surface area contributed by atoms with Gasteiger partial charge in [0.2, 0.25) is 0 Å². The molecule has 0 spiro atoms. The molecule has 0 amide bonds. The average molecular weight is 480 g/mol. The monoisotopic (exact) mass is 479 g/mol. The van der Waals surface area contributed by atoms with E-state index in [-0.39, 0.29) is 0 Å². The molecular formula is C27H40PSi3+. The molecule has 0 N–H and O–H groups in total. The van der Waals surface area contributed by atoms with Gasteiger partial charge in [-0.25, -0.2) is 0 Å². The van der Waals surface area contributed by atoms with Crippen LogP contribution in [-0.2, 0) is 0 Å². The molecule has 0 saturated carbocycles. The highest BCUT2D eigenvalue weighted by molar-refractivity contribution is 7.79. The van der Waals surface area contributed by atoms with E-state index >= 15 is 0 Å². The molecule has 0 atom stereocenters. The quantitative estimate of drug-likeness (QED) is 0.351. The number of hydrogen-bond acceptors (Lipinski definition) is 0. The lowest BCUT2D eigenvalue weighted by Crippen LogP contribution is -2.39. The third kappa shape index (κ3) is 5.96. The van der Waals surface area contributed by atoms with E-state index in [1.807, 2.05) is 0 Å². The maximum atomic E-state index is 2.43. The minimum absolute atomic E-state index is 1.02. The highest BCUT2D eigenvalue weighted by Crippen LogP contribution is 2.32. The van der Waals surface area contributed by atoms with Gasteiger partial charge in [0.05, 0.1) is 32.1 Å². The predicted molar refractivity (Wildman–Crippen MR) is 155 cm³/mol. The minimum atomic E-state index is -1.29. The Labute approximate surface area is 194 Å². The molecule has 0 aliphatic heterocycles. The Morgan fingerprint density at radius 2 is 0.548 bits per heavy atom. The zero-order valence-corrected chi connectivity index (χ0v) is 24.9. The summed E-state index contributed by atoms with van der Waals surface area (Å²) in [6.07, 6.45) is 0.